The molecule has 128 valence electrons. The summed E-state index contributed by atoms with van der Waals surface area (Å²) < 4.78 is 5.00. The molecule has 0 aliphatic heterocycles. The maximum absolute atomic E-state index is 11.9. The average molecular weight is 365 g/mol. The Morgan fingerprint density at radius 3 is 2.65 bits per heavy atom. The lowest BCUT2D eigenvalue weighted by molar-refractivity contribution is -0.141. The minimum absolute atomic E-state index is 0.106. The number of carboxylic acid groups (broad SMARTS) is 1. The second kappa shape index (κ2) is 10.4. The van der Waals surface area contributed by atoms with Crippen LogP contribution >= 0.6 is 23.2 Å². The molecule has 4 N–H and O–H groups in total. The van der Waals surface area contributed by atoms with Gasteiger partial charge in [0.25, 0.3) is 0 Å². The monoisotopic (exact) mass is 364 g/mol. The summed E-state index contributed by atoms with van der Waals surface area (Å²) in [6, 6.07) is 3.70. The van der Waals surface area contributed by atoms with Crippen molar-refractivity contribution >= 4 is 40.8 Å². The quantitative estimate of drug-likeness (QED) is 0.467. The van der Waals surface area contributed by atoms with Gasteiger partial charge in [0.2, 0.25) is 5.91 Å². The number of amides is 1. The van der Waals surface area contributed by atoms with Crippen molar-refractivity contribution in [1.29, 1.82) is 0 Å². The Labute approximate surface area is 143 Å². The third-order valence-electron chi connectivity index (χ3n) is 2.79. The molecule has 1 atom stereocenters. The van der Waals surface area contributed by atoms with Crippen LogP contribution in [0.25, 0.3) is 0 Å². The van der Waals surface area contributed by atoms with Crippen molar-refractivity contribution in [2.45, 2.75) is 12.5 Å². The molecule has 1 aromatic carbocycles. The molecule has 1 rings (SSSR count). The first kappa shape index (κ1) is 19.7. The lowest BCUT2D eigenvalue weighted by Gasteiger charge is -2.15. The van der Waals surface area contributed by atoms with E-state index in [4.69, 9.17) is 38.2 Å². The van der Waals surface area contributed by atoms with Gasteiger partial charge in [-0.3, -0.25) is 9.59 Å². The number of benzene rings is 1. The summed E-state index contributed by atoms with van der Waals surface area (Å²) in [6.07, 6.45) is -0.280. The van der Waals surface area contributed by atoms with Crippen LogP contribution in [-0.4, -0.2) is 54.5 Å². The van der Waals surface area contributed by atoms with Crippen molar-refractivity contribution in [2.24, 2.45) is 0 Å². The minimum Gasteiger partial charge on any atom is -0.480 e. The van der Waals surface area contributed by atoms with Crippen LogP contribution in [0.4, 0.5) is 5.69 Å². The van der Waals surface area contributed by atoms with Crippen LogP contribution in [-0.2, 0) is 14.3 Å². The highest BCUT2D eigenvalue weighted by atomic mass is 35.5. The van der Waals surface area contributed by atoms with E-state index in [-0.39, 0.29) is 37.8 Å². The van der Waals surface area contributed by atoms with Gasteiger partial charge in [0.05, 0.1) is 42.0 Å². The van der Waals surface area contributed by atoms with Crippen LogP contribution in [0, 0.1) is 0 Å². The Morgan fingerprint density at radius 2 is 2.00 bits per heavy atom. The molecule has 1 unspecified atom stereocenters. The SMILES string of the molecule is O=C(CC(NCCOCCO)C(=O)O)Nc1cccc(Cl)c1Cl. The molecule has 0 spiro atoms. The maximum Gasteiger partial charge on any atom is 0.321 e. The van der Waals surface area contributed by atoms with Crippen LogP contribution in [0.2, 0.25) is 10.0 Å². The van der Waals surface area contributed by atoms with E-state index in [1.807, 2.05) is 0 Å². The molecule has 0 aromatic heterocycles. The van der Waals surface area contributed by atoms with Gasteiger partial charge in [0.1, 0.15) is 6.04 Å². The summed E-state index contributed by atoms with van der Waals surface area (Å²) in [5.41, 5.74) is 0.319. The fourth-order valence-electron chi connectivity index (χ4n) is 1.71. The number of anilines is 1. The molecule has 0 fully saturated rings. The van der Waals surface area contributed by atoms with E-state index in [0.29, 0.717) is 10.7 Å². The van der Waals surface area contributed by atoms with Gasteiger partial charge >= 0.3 is 5.97 Å². The predicted octanol–water partition coefficient (Wildman–Crippen LogP) is 1.37. The lowest BCUT2D eigenvalue weighted by Crippen LogP contribution is -2.41. The van der Waals surface area contributed by atoms with Gasteiger partial charge in [-0.2, -0.15) is 0 Å². The van der Waals surface area contributed by atoms with Crippen LogP contribution in [0.5, 0.6) is 0 Å². The largest absolute Gasteiger partial charge is 0.480 e. The van der Waals surface area contributed by atoms with Crippen molar-refractivity contribution < 1.29 is 24.5 Å². The Morgan fingerprint density at radius 1 is 1.26 bits per heavy atom. The Balaban J connectivity index is 2.50. The van der Waals surface area contributed by atoms with Crippen LogP contribution in [0.15, 0.2) is 18.2 Å². The molecule has 0 heterocycles. The van der Waals surface area contributed by atoms with E-state index in [0.717, 1.165) is 0 Å². The van der Waals surface area contributed by atoms with E-state index >= 15 is 0 Å². The number of aliphatic hydroxyl groups excluding tert-OH is 1. The van der Waals surface area contributed by atoms with Crippen molar-refractivity contribution in [3.8, 4) is 0 Å². The minimum atomic E-state index is -1.15. The second-order valence-corrected chi connectivity index (χ2v) is 5.32. The summed E-state index contributed by atoms with van der Waals surface area (Å²) in [5.74, 6) is -1.66. The number of rotatable bonds is 10. The molecule has 0 aliphatic rings. The van der Waals surface area contributed by atoms with Gasteiger partial charge in [-0.05, 0) is 12.1 Å². The van der Waals surface area contributed by atoms with Gasteiger partial charge < -0.3 is 25.6 Å². The Bertz CT molecular complexity index is 542. The highest BCUT2D eigenvalue weighted by Crippen LogP contribution is 2.29. The fraction of sp³-hybridized carbons (Fsp3) is 0.429. The molecular weight excluding hydrogens is 347 g/mol. The molecule has 0 saturated heterocycles. The molecule has 0 saturated carbocycles. The number of nitrogens with one attached hydrogen (secondary N) is 2. The zero-order valence-electron chi connectivity index (χ0n) is 12.2. The van der Waals surface area contributed by atoms with Crippen LogP contribution in [0.3, 0.4) is 0 Å². The average Bonchev–Trinajstić information content (AvgIpc) is 2.50. The maximum atomic E-state index is 11.9. The highest BCUT2D eigenvalue weighted by Gasteiger charge is 2.21. The summed E-state index contributed by atoms with van der Waals surface area (Å²) in [7, 11) is 0. The van der Waals surface area contributed by atoms with Gasteiger partial charge in [0, 0.05) is 6.54 Å². The predicted molar refractivity (Wildman–Crippen MR) is 87.0 cm³/mol. The third kappa shape index (κ3) is 7.15. The van der Waals surface area contributed by atoms with E-state index in [2.05, 4.69) is 10.6 Å². The first-order chi connectivity index (χ1) is 11.0. The molecule has 1 amide bonds. The van der Waals surface area contributed by atoms with E-state index in [1.54, 1.807) is 18.2 Å². The topological polar surface area (TPSA) is 108 Å². The normalized spacial score (nSPS) is 12.0. The molecule has 23 heavy (non-hydrogen) atoms. The van der Waals surface area contributed by atoms with Crippen molar-refractivity contribution in [2.75, 3.05) is 31.7 Å². The number of aliphatic carboxylic acids is 1. The Hall–Kier alpha value is -1.38. The first-order valence-corrected chi connectivity index (χ1v) is 7.60. The number of aliphatic hydroxyl groups is 1. The van der Waals surface area contributed by atoms with Crippen molar-refractivity contribution in [3.63, 3.8) is 0 Å². The highest BCUT2D eigenvalue weighted by molar-refractivity contribution is 6.43. The lowest BCUT2D eigenvalue weighted by atomic mass is 10.2. The number of ether oxygens (including phenoxy) is 1. The van der Waals surface area contributed by atoms with Gasteiger partial charge in [0.15, 0.2) is 0 Å². The standard InChI is InChI=1S/C14H18Cl2N2O5/c15-9-2-1-3-10(13(9)16)18-12(20)8-11(14(21)22)17-4-6-23-7-5-19/h1-3,11,17,19H,4-8H2,(H,18,20)(H,21,22). The van der Waals surface area contributed by atoms with Crippen molar-refractivity contribution in [3.05, 3.63) is 28.2 Å². The Kier molecular flexibility index (Phi) is 8.90. The molecule has 7 nitrogen and oxygen atoms in total. The van der Waals surface area contributed by atoms with Crippen molar-refractivity contribution in [1.82, 2.24) is 5.32 Å². The fourth-order valence-corrected chi connectivity index (χ4v) is 2.05. The molecule has 9 heteroatoms. The number of halogens is 2. The van der Waals surface area contributed by atoms with Gasteiger partial charge in [-0.25, -0.2) is 0 Å². The van der Waals surface area contributed by atoms with Gasteiger partial charge in [-0.1, -0.05) is 29.3 Å². The van der Waals surface area contributed by atoms with Crippen LogP contribution < -0.4 is 10.6 Å². The molecule has 1 aromatic rings. The summed E-state index contributed by atoms with van der Waals surface area (Å²) in [5, 5.41) is 23.4. The van der Waals surface area contributed by atoms with Crippen LogP contribution in [0.1, 0.15) is 6.42 Å². The van der Waals surface area contributed by atoms with E-state index < -0.39 is 17.9 Å². The summed E-state index contributed by atoms with van der Waals surface area (Å²) in [4.78, 5) is 23.1. The van der Waals surface area contributed by atoms with Gasteiger partial charge in [-0.15, -0.1) is 0 Å². The third-order valence-corrected chi connectivity index (χ3v) is 3.60. The summed E-state index contributed by atoms with van der Waals surface area (Å²) >= 11 is 11.8. The molecular formula is C14H18Cl2N2O5. The second-order valence-electron chi connectivity index (χ2n) is 4.53. The zero-order valence-corrected chi connectivity index (χ0v) is 13.7. The number of carbonyl (C=O) groups is 2. The number of carbonyl (C=O) groups excluding carboxylic acids is 1. The molecule has 0 bridgehead atoms. The smallest absolute Gasteiger partial charge is 0.321 e. The number of carboxylic acids is 1. The zero-order chi connectivity index (χ0) is 17.2. The number of hydrogen-bond donors (Lipinski definition) is 4. The molecule has 0 radical (unpaired) electrons. The number of hydrogen-bond acceptors (Lipinski definition) is 5. The summed E-state index contributed by atoms with van der Waals surface area (Å²) in [6.45, 7) is 0.534. The van der Waals surface area contributed by atoms with E-state index in [1.165, 1.54) is 0 Å². The van der Waals surface area contributed by atoms with E-state index in [9.17, 15) is 9.59 Å². The molecule has 0 aliphatic carbocycles. The first-order valence-electron chi connectivity index (χ1n) is 6.84.